The first kappa shape index (κ1) is 15.8. The van der Waals surface area contributed by atoms with Crippen molar-refractivity contribution >= 4 is 11.8 Å². The summed E-state index contributed by atoms with van der Waals surface area (Å²) in [6.07, 6.45) is 3.50. The van der Waals surface area contributed by atoms with E-state index in [-0.39, 0.29) is 17.9 Å². The van der Waals surface area contributed by atoms with E-state index in [1.807, 2.05) is 36.1 Å². The maximum atomic E-state index is 13.0. The second kappa shape index (κ2) is 6.60. The molecule has 23 heavy (non-hydrogen) atoms. The fourth-order valence-corrected chi connectivity index (χ4v) is 3.24. The predicted octanol–water partition coefficient (Wildman–Crippen LogP) is 2.20. The fraction of sp³-hybridized carbons (Fsp3) is 0.556. The normalized spacial score (nSPS) is 18.9. The van der Waals surface area contributed by atoms with Crippen LogP contribution in [-0.2, 0) is 16.1 Å². The van der Waals surface area contributed by atoms with Gasteiger partial charge in [-0.2, -0.15) is 0 Å². The number of hydrogen-bond donors (Lipinski definition) is 0. The molecule has 1 saturated heterocycles. The van der Waals surface area contributed by atoms with Crippen LogP contribution in [-0.4, -0.2) is 47.4 Å². The number of nitrogens with zero attached hydrogens (tertiary/aromatic N) is 2. The lowest BCUT2D eigenvalue weighted by molar-refractivity contribution is -0.143. The van der Waals surface area contributed by atoms with E-state index in [9.17, 15) is 9.59 Å². The van der Waals surface area contributed by atoms with Crippen LogP contribution in [0, 0.1) is 0 Å². The molecule has 1 aliphatic heterocycles. The van der Waals surface area contributed by atoms with Gasteiger partial charge in [0.1, 0.15) is 11.8 Å². The molecule has 2 aliphatic rings. The van der Waals surface area contributed by atoms with Crippen LogP contribution in [0.1, 0.15) is 38.2 Å². The highest BCUT2D eigenvalue weighted by Crippen LogP contribution is 2.31. The molecule has 3 rings (SSSR count). The van der Waals surface area contributed by atoms with E-state index in [2.05, 4.69) is 0 Å². The van der Waals surface area contributed by atoms with Gasteiger partial charge in [-0.25, -0.2) is 0 Å². The molecule has 0 aromatic heterocycles. The smallest absolute Gasteiger partial charge is 0.245 e. The number of para-hydroxylation sites is 1. The van der Waals surface area contributed by atoms with Gasteiger partial charge in [-0.3, -0.25) is 9.59 Å². The van der Waals surface area contributed by atoms with E-state index in [4.69, 9.17) is 4.74 Å². The third-order valence-electron chi connectivity index (χ3n) is 4.74. The Labute approximate surface area is 137 Å². The van der Waals surface area contributed by atoms with Gasteiger partial charge in [0.15, 0.2) is 0 Å². The van der Waals surface area contributed by atoms with E-state index < -0.39 is 0 Å². The van der Waals surface area contributed by atoms with Crippen molar-refractivity contribution in [3.05, 3.63) is 29.8 Å². The molecule has 2 amide bonds. The lowest BCUT2D eigenvalue weighted by Gasteiger charge is -2.31. The van der Waals surface area contributed by atoms with Gasteiger partial charge in [-0.1, -0.05) is 18.2 Å². The van der Waals surface area contributed by atoms with Crippen molar-refractivity contribution in [3.8, 4) is 5.75 Å². The van der Waals surface area contributed by atoms with E-state index >= 15 is 0 Å². The summed E-state index contributed by atoms with van der Waals surface area (Å²) in [6, 6.07) is 7.72. The second-order valence-corrected chi connectivity index (χ2v) is 6.38. The van der Waals surface area contributed by atoms with E-state index in [0.717, 1.165) is 30.6 Å². The Morgan fingerprint density at radius 2 is 2.13 bits per heavy atom. The van der Waals surface area contributed by atoms with Crippen LogP contribution < -0.4 is 4.74 Å². The number of benzene rings is 1. The molecule has 0 N–H and O–H groups in total. The molecule has 0 radical (unpaired) electrons. The number of rotatable bonds is 6. The minimum atomic E-state index is -0.375. The highest BCUT2D eigenvalue weighted by molar-refractivity contribution is 5.88. The van der Waals surface area contributed by atoms with Crippen molar-refractivity contribution in [2.75, 3.05) is 13.7 Å². The van der Waals surface area contributed by atoms with E-state index in [1.165, 1.54) is 0 Å². The summed E-state index contributed by atoms with van der Waals surface area (Å²) in [6.45, 7) is 3.09. The average molecular weight is 316 g/mol. The monoisotopic (exact) mass is 316 g/mol. The van der Waals surface area contributed by atoms with E-state index in [0.29, 0.717) is 25.6 Å². The summed E-state index contributed by atoms with van der Waals surface area (Å²) >= 11 is 0. The van der Waals surface area contributed by atoms with Gasteiger partial charge in [-0.15, -0.1) is 0 Å². The molecular weight excluding hydrogens is 292 g/mol. The molecule has 0 bridgehead atoms. The highest BCUT2D eigenvalue weighted by Gasteiger charge is 2.38. The molecule has 1 aromatic carbocycles. The number of likely N-dealkylation sites (tertiary alicyclic amines) is 1. The van der Waals surface area contributed by atoms with Crippen molar-refractivity contribution in [2.45, 2.75) is 51.2 Å². The van der Waals surface area contributed by atoms with Crippen LogP contribution in [0.3, 0.4) is 0 Å². The van der Waals surface area contributed by atoms with Gasteiger partial charge in [-0.05, 0) is 32.3 Å². The third-order valence-corrected chi connectivity index (χ3v) is 4.74. The van der Waals surface area contributed by atoms with Gasteiger partial charge in [0.25, 0.3) is 0 Å². The van der Waals surface area contributed by atoms with E-state index in [1.54, 1.807) is 12.0 Å². The Morgan fingerprint density at radius 1 is 1.39 bits per heavy atom. The topological polar surface area (TPSA) is 49.9 Å². The zero-order chi connectivity index (χ0) is 16.4. The molecule has 5 heteroatoms. The fourth-order valence-electron chi connectivity index (χ4n) is 3.24. The van der Waals surface area contributed by atoms with Crippen LogP contribution in [0.15, 0.2) is 24.3 Å². The number of methoxy groups -OCH3 is 1. The first-order chi connectivity index (χ1) is 11.1. The molecule has 1 unspecified atom stereocenters. The highest BCUT2D eigenvalue weighted by atomic mass is 16.5. The molecule has 1 atom stereocenters. The van der Waals surface area contributed by atoms with Crippen LogP contribution in [0.25, 0.3) is 0 Å². The zero-order valence-electron chi connectivity index (χ0n) is 13.8. The van der Waals surface area contributed by atoms with Gasteiger partial charge in [0.2, 0.25) is 11.8 Å². The standard InChI is InChI=1S/C18H24N2O3/c1-13(19-11-5-8-17(19)21)18(22)20(15-9-10-15)12-14-6-3-4-7-16(14)23-2/h3-4,6-7,13,15H,5,8-12H2,1-2H3. The van der Waals surface area contributed by atoms with Crippen molar-refractivity contribution in [1.29, 1.82) is 0 Å². The third kappa shape index (κ3) is 3.33. The van der Waals surface area contributed by atoms with Crippen molar-refractivity contribution in [1.82, 2.24) is 9.80 Å². The molecule has 1 aromatic rings. The molecule has 1 saturated carbocycles. The number of carbonyl (C=O) groups excluding carboxylic acids is 2. The maximum Gasteiger partial charge on any atom is 0.245 e. The van der Waals surface area contributed by atoms with Gasteiger partial charge in [0.05, 0.1) is 7.11 Å². The Balaban J connectivity index is 1.76. The lowest BCUT2D eigenvalue weighted by Crippen LogP contribution is -2.48. The molecule has 1 heterocycles. The van der Waals surface area contributed by atoms with Crippen molar-refractivity contribution in [3.63, 3.8) is 0 Å². The van der Waals surface area contributed by atoms with Crippen LogP contribution in [0.4, 0.5) is 0 Å². The SMILES string of the molecule is COc1ccccc1CN(C(=O)C(C)N1CCCC1=O)C1CC1. The molecule has 5 nitrogen and oxygen atoms in total. The first-order valence-corrected chi connectivity index (χ1v) is 8.33. The molecule has 1 aliphatic carbocycles. The minimum Gasteiger partial charge on any atom is -0.496 e. The number of amides is 2. The summed E-state index contributed by atoms with van der Waals surface area (Å²) in [4.78, 5) is 28.5. The maximum absolute atomic E-state index is 13.0. The largest absolute Gasteiger partial charge is 0.496 e. The summed E-state index contributed by atoms with van der Waals surface area (Å²) in [7, 11) is 1.65. The Morgan fingerprint density at radius 3 is 2.74 bits per heavy atom. The Kier molecular flexibility index (Phi) is 4.55. The van der Waals surface area contributed by atoms with Crippen molar-refractivity contribution < 1.29 is 14.3 Å². The minimum absolute atomic E-state index is 0.0497. The predicted molar refractivity (Wildman–Crippen MR) is 87.0 cm³/mol. The second-order valence-electron chi connectivity index (χ2n) is 6.38. The molecular formula is C18H24N2O3. The molecule has 0 spiro atoms. The van der Waals surface area contributed by atoms with Crippen molar-refractivity contribution in [2.24, 2.45) is 0 Å². The molecule has 2 fully saturated rings. The number of hydrogen-bond acceptors (Lipinski definition) is 3. The molecule has 124 valence electrons. The Bertz CT molecular complexity index is 598. The lowest BCUT2D eigenvalue weighted by atomic mass is 10.1. The summed E-state index contributed by atoms with van der Waals surface area (Å²) in [5, 5.41) is 0. The summed E-state index contributed by atoms with van der Waals surface area (Å²) in [5.41, 5.74) is 1.01. The van der Waals surface area contributed by atoms with Crippen LogP contribution >= 0.6 is 0 Å². The van der Waals surface area contributed by atoms with Gasteiger partial charge >= 0.3 is 0 Å². The quantitative estimate of drug-likeness (QED) is 0.808. The van der Waals surface area contributed by atoms with Gasteiger partial charge < -0.3 is 14.5 Å². The van der Waals surface area contributed by atoms with Gasteiger partial charge in [0, 0.05) is 31.1 Å². The first-order valence-electron chi connectivity index (χ1n) is 8.33. The average Bonchev–Trinajstić information content (AvgIpc) is 3.32. The summed E-state index contributed by atoms with van der Waals surface area (Å²) < 4.78 is 5.40. The summed E-state index contributed by atoms with van der Waals surface area (Å²) in [5.74, 6) is 0.948. The number of carbonyl (C=O) groups is 2. The zero-order valence-corrected chi connectivity index (χ0v) is 13.8. The number of ether oxygens (including phenoxy) is 1. The van der Waals surface area contributed by atoms with Crippen LogP contribution in [0.5, 0.6) is 5.75 Å². The van der Waals surface area contributed by atoms with Crippen LogP contribution in [0.2, 0.25) is 0 Å². The Hall–Kier alpha value is -2.04.